The molecular weight excluding hydrogens is 309 g/mol. The number of benzene rings is 2. The molecule has 5 nitrogen and oxygen atoms in total. The maximum absolute atomic E-state index is 13.1. The molecule has 0 fully saturated rings. The second-order valence-electron chi connectivity index (χ2n) is 5.67. The lowest BCUT2D eigenvalue weighted by molar-refractivity contribution is 0.355. The summed E-state index contributed by atoms with van der Waals surface area (Å²) in [5, 5.41) is 0. The van der Waals surface area contributed by atoms with E-state index in [1.807, 2.05) is 23.6 Å². The molecule has 0 bridgehead atoms. The van der Waals surface area contributed by atoms with Crippen molar-refractivity contribution in [2.24, 2.45) is 5.73 Å². The van der Waals surface area contributed by atoms with E-state index in [1.165, 1.54) is 12.1 Å². The van der Waals surface area contributed by atoms with Crippen molar-refractivity contribution in [3.05, 3.63) is 53.6 Å². The molecule has 1 aromatic heterocycles. The third-order valence-corrected chi connectivity index (χ3v) is 3.94. The largest absolute Gasteiger partial charge is 0.493 e. The number of fused-ring (bicyclic) bond motifs is 1. The molecule has 0 aliphatic rings. The zero-order valence-corrected chi connectivity index (χ0v) is 13.9. The average Bonchev–Trinajstić information content (AvgIpc) is 2.93. The summed E-state index contributed by atoms with van der Waals surface area (Å²) in [7, 11) is 3.18. The summed E-state index contributed by atoms with van der Waals surface area (Å²) in [5.74, 6) is 1.74. The van der Waals surface area contributed by atoms with E-state index in [0.29, 0.717) is 18.0 Å². The van der Waals surface area contributed by atoms with Gasteiger partial charge in [-0.2, -0.15) is 0 Å². The minimum absolute atomic E-state index is 0.241. The predicted molar refractivity (Wildman–Crippen MR) is 90.9 cm³/mol. The van der Waals surface area contributed by atoms with Crippen LogP contribution >= 0.6 is 0 Å². The van der Waals surface area contributed by atoms with Crippen LogP contribution in [0.25, 0.3) is 11.0 Å². The second kappa shape index (κ2) is 6.49. The van der Waals surface area contributed by atoms with Crippen LogP contribution in [-0.2, 0) is 6.54 Å². The molecule has 3 rings (SSSR count). The summed E-state index contributed by atoms with van der Waals surface area (Å²) in [6.07, 6.45) is 0. The maximum Gasteiger partial charge on any atom is 0.163 e. The predicted octanol–water partition coefficient (Wildman–Crippen LogP) is 3.26. The van der Waals surface area contributed by atoms with Crippen LogP contribution < -0.4 is 15.2 Å². The number of nitrogens with two attached hydrogens (primary N) is 1. The summed E-state index contributed by atoms with van der Waals surface area (Å²) < 4.78 is 25.9. The van der Waals surface area contributed by atoms with Gasteiger partial charge >= 0.3 is 0 Å². The molecule has 0 aliphatic heterocycles. The number of ether oxygens (including phenoxy) is 2. The van der Waals surface area contributed by atoms with Crippen molar-refractivity contribution in [2.45, 2.75) is 19.5 Å². The van der Waals surface area contributed by atoms with Crippen molar-refractivity contribution in [1.29, 1.82) is 0 Å². The Bertz CT molecular complexity index is 857. The monoisotopic (exact) mass is 329 g/mol. The van der Waals surface area contributed by atoms with Crippen LogP contribution in [0.1, 0.15) is 24.4 Å². The van der Waals surface area contributed by atoms with E-state index in [0.717, 1.165) is 22.4 Å². The Kier molecular flexibility index (Phi) is 4.40. The van der Waals surface area contributed by atoms with E-state index in [2.05, 4.69) is 4.98 Å². The van der Waals surface area contributed by atoms with Crippen LogP contribution in [0.15, 0.2) is 36.4 Å². The third-order valence-electron chi connectivity index (χ3n) is 3.94. The lowest BCUT2D eigenvalue weighted by Gasteiger charge is -2.13. The van der Waals surface area contributed by atoms with Crippen molar-refractivity contribution in [3.8, 4) is 11.5 Å². The quantitative estimate of drug-likeness (QED) is 0.780. The molecular formula is C18H20FN3O2. The van der Waals surface area contributed by atoms with Crippen LogP contribution in [0.2, 0.25) is 0 Å². The Hall–Kier alpha value is -2.60. The van der Waals surface area contributed by atoms with Crippen molar-refractivity contribution in [3.63, 3.8) is 0 Å². The first-order chi connectivity index (χ1) is 11.5. The number of hydrogen-bond acceptors (Lipinski definition) is 4. The summed E-state index contributed by atoms with van der Waals surface area (Å²) in [4.78, 5) is 4.64. The fraction of sp³-hybridized carbons (Fsp3) is 0.278. The topological polar surface area (TPSA) is 62.3 Å². The highest BCUT2D eigenvalue weighted by Crippen LogP contribution is 2.33. The zero-order chi connectivity index (χ0) is 17.3. The molecule has 0 aliphatic carbocycles. The van der Waals surface area contributed by atoms with Gasteiger partial charge in [-0.15, -0.1) is 0 Å². The minimum Gasteiger partial charge on any atom is -0.493 e. The number of nitrogens with zero attached hydrogens (tertiary/aromatic N) is 2. The first kappa shape index (κ1) is 16.3. The Morgan fingerprint density at radius 3 is 2.33 bits per heavy atom. The molecule has 24 heavy (non-hydrogen) atoms. The van der Waals surface area contributed by atoms with Crippen LogP contribution in [0, 0.1) is 5.82 Å². The molecule has 0 radical (unpaired) electrons. The number of methoxy groups -OCH3 is 2. The molecule has 126 valence electrons. The van der Waals surface area contributed by atoms with E-state index in [4.69, 9.17) is 15.2 Å². The van der Waals surface area contributed by atoms with Crippen LogP contribution in [-0.4, -0.2) is 23.8 Å². The Morgan fingerprint density at radius 2 is 1.75 bits per heavy atom. The van der Waals surface area contributed by atoms with Gasteiger partial charge in [-0.3, -0.25) is 0 Å². The van der Waals surface area contributed by atoms with Gasteiger partial charge in [0.1, 0.15) is 11.6 Å². The fourth-order valence-electron chi connectivity index (χ4n) is 2.76. The van der Waals surface area contributed by atoms with Crippen molar-refractivity contribution in [2.75, 3.05) is 14.2 Å². The smallest absolute Gasteiger partial charge is 0.163 e. The molecule has 0 saturated heterocycles. The minimum atomic E-state index is -0.256. The van der Waals surface area contributed by atoms with Crippen molar-refractivity contribution < 1.29 is 13.9 Å². The van der Waals surface area contributed by atoms with E-state index in [9.17, 15) is 4.39 Å². The van der Waals surface area contributed by atoms with Gasteiger partial charge in [-0.05, 0) is 24.6 Å². The highest BCUT2D eigenvalue weighted by Gasteiger charge is 2.17. The lowest BCUT2D eigenvalue weighted by atomic mass is 10.2. The molecule has 1 atom stereocenters. The molecule has 0 saturated carbocycles. The van der Waals surface area contributed by atoms with E-state index in [1.54, 1.807) is 26.4 Å². The normalized spacial score (nSPS) is 12.4. The van der Waals surface area contributed by atoms with Gasteiger partial charge in [0.2, 0.25) is 0 Å². The Balaban J connectivity index is 2.15. The molecule has 1 unspecified atom stereocenters. The highest BCUT2D eigenvalue weighted by molar-refractivity contribution is 5.81. The summed E-state index contributed by atoms with van der Waals surface area (Å²) >= 11 is 0. The van der Waals surface area contributed by atoms with E-state index < -0.39 is 0 Å². The van der Waals surface area contributed by atoms with E-state index >= 15 is 0 Å². The van der Waals surface area contributed by atoms with Gasteiger partial charge in [0.25, 0.3) is 0 Å². The van der Waals surface area contributed by atoms with Crippen molar-refractivity contribution in [1.82, 2.24) is 9.55 Å². The van der Waals surface area contributed by atoms with Gasteiger partial charge < -0.3 is 19.8 Å². The SMILES string of the molecule is COc1cc2nc(C(C)N)n(Cc3ccc(F)cc3)c2cc1OC. The van der Waals surface area contributed by atoms with E-state index in [-0.39, 0.29) is 11.9 Å². The van der Waals surface area contributed by atoms with Gasteiger partial charge in [-0.1, -0.05) is 12.1 Å². The summed E-state index contributed by atoms with van der Waals surface area (Å²) in [6.45, 7) is 2.43. The molecule has 2 aromatic carbocycles. The Labute approximate surface area is 139 Å². The van der Waals surface area contributed by atoms with Crippen LogP contribution in [0.4, 0.5) is 4.39 Å². The molecule has 3 aromatic rings. The van der Waals surface area contributed by atoms with Gasteiger partial charge in [0.15, 0.2) is 11.5 Å². The first-order valence-corrected chi connectivity index (χ1v) is 7.65. The highest BCUT2D eigenvalue weighted by atomic mass is 19.1. The first-order valence-electron chi connectivity index (χ1n) is 7.65. The van der Waals surface area contributed by atoms with Crippen molar-refractivity contribution >= 4 is 11.0 Å². The fourth-order valence-corrected chi connectivity index (χ4v) is 2.76. The maximum atomic E-state index is 13.1. The van der Waals surface area contributed by atoms with Gasteiger partial charge in [0, 0.05) is 18.7 Å². The van der Waals surface area contributed by atoms with Gasteiger partial charge in [0.05, 0.1) is 31.3 Å². The molecule has 6 heteroatoms. The standard InChI is InChI=1S/C18H20FN3O2/c1-11(20)18-21-14-8-16(23-2)17(24-3)9-15(14)22(18)10-12-4-6-13(19)7-5-12/h4-9,11H,10,20H2,1-3H3. The third kappa shape index (κ3) is 2.92. The number of rotatable bonds is 5. The lowest BCUT2D eigenvalue weighted by Crippen LogP contribution is -2.14. The summed E-state index contributed by atoms with van der Waals surface area (Å²) in [6, 6.07) is 9.89. The average molecular weight is 329 g/mol. The zero-order valence-electron chi connectivity index (χ0n) is 13.9. The van der Waals surface area contributed by atoms with Crippen LogP contribution in [0.5, 0.6) is 11.5 Å². The molecule has 0 spiro atoms. The number of imidazole rings is 1. The van der Waals surface area contributed by atoms with Crippen LogP contribution in [0.3, 0.4) is 0 Å². The summed E-state index contributed by atoms with van der Waals surface area (Å²) in [5.41, 5.74) is 8.73. The van der Waals surface area contributed by atoms with Gasteiger partial charge in [-0.25, -0.2) is 9.37 Å². The second-order valence-corrected chi connectivity index (χ2v) is 5.67. The molecule has 1 heterocycles. The number of hydrogen-bond donors (Lipinski definition) is 1. The Morgan fingerprint density at radius 1 is 1.12 bits per heavy atom. The number of aromatic nitrogens is 2. The molecule has 0 amide bonds. The number of halogens is 1. The molecule has 2 N–H and O–H groups in total.